The van der Waals surface area contributed by atoms with Crippen LogP contribution in [0.5, 0.6) is 5.75 Å². The van der Waals surface area contributed by atoms with E-state index in [2.05, 4.69) is 5.32 Å². The number of amides is 1. The number of hydrogen-bond donors (Lipinski definition) is 1. The van der Waals surface area contributed by atoms with Crippen LogP contribution >= 0.6 is 11.6 Å². The molecule has 0 saturated carbocycles. The summed E-state index contributed by atoms with van der Waals surface area (Å²) in [5.74, 6) is 0.318. The van der Waals surface area contributed by atoms with E-state index in [0.29, 0.717) is 32.9 Å². The van der Waals surface area contributed by atoms with Crippen molar-refractivity contribution in [1.82, 2.24) is 0 Å². The molecule has 1 amide bonds. The van der Waals surface area contributed by atoms with E-state index in [9.17, 15) is 9.59 Å². The average molecular weight is 406 g/mol. The lowest BCUT2D eigenvalue weighted by Crippen LogP contribution is -2.16. The molecule has 0 aliphatic rings. The molecule has 4 aromatic rings. The monoisotopic (exact) mass is 405 g/mol. The quantitative estimate of drug-likeness (QED) is 0.495. The van der Waals surface area contributed by atoms with Crippen molar-refractivity contribution in [3.63, 3.8) is 0 Å². The van der Waals surface area contributed by atoms with Crippen molar-refractivity contribution < 1.29 is 13.9 Å². The van der Waals surface area contributed by atoms with E-state index >= 15 is 0 Å². The Morgan fingerprint density at radius 3 is 2.41 bits per heavy atom. The van der Waals surface area contributed by atoms with Crippen molar-refractivity contribution in [2.75, 3.05) is 12.4 Å². The molecule has 0 aliphatic heterocycles. The van der Waals surface area contributed by atoms with Gasteiger partial charge in [0.2, 0.25) is 11.3 Å². The van der Waals surface area contributed by atoms with Gasteiger partial charge in [-0.3, -0.25) is 14.9 Å². The second-order valence-corrected chi connectivity index (χ2v) is 6.76. The van der Waals surface area contributed by atoms with Crippen molar-refractivity contribution in [3.05, 3.63) is 93.6 Å². The van der Waals surface area contributed by atoms with Gasteiger partial charge in [-0.1, -0.05) is 41.9 Å². The first-order valence-corrected chi connectivity index (χ1v) is 9.22. The van der Waals surface area contributed by atoms with Crippen LogP contribution in [-0.2, 0) is 0 Å². The molecule has 0 spiro atoms. The largest absolute Gasteiger partial charge is 0.497 e. The topological polar surface area (TPSA) is 68.5 Å². The number of benzene rings is 3. The zero-order chi connectivity index (χ0) is 20.4. The summed E-state index contributed by atoms with van der Waals surface area (Å²) in [4.78, 5) is 26.0. The molecule has 1 aromatic heterocycles. The number of rotatable bonds is 4. The molecular formula is C23H16ClNO4. The van der Waals surface area contributed by atoms with Gasteiger partial charge in [0, 0.05) is 10.6 Å². The summed E-state index contributed by atoms with van der Waals surface area (Å²) in [5, 5.41) is 3.51. The summed E-state index contributed by atoms with van der Waals surface area (Å²) in [5.41, 5.74) is 1.37. The molecule has 29 heavy (non-hydrogen) atoms. The molecule has 0 saturated heterocycles. The van der Waals surface area contributed by atoms with E-state index in [1.807, 2.05) is 18.2 Å². The zero-order valence-corrected chi connectivity index (χ0v) is 16.2. The van der Waals surface area contributed by atoms with Crippen molar-refractivity contribution in [1.29, 1.82) is 0 Å². The first-order chi connectivity index (χ1) is 14.1. The normalized spacial score (nSPS) is 10.7. The maximum atomic E-state index is 13.2. The Morgan fingerprint density at radius 1 is 1.00 bits per heavy atom. The van der Waals surface area contributed by atoms with Crippen molar-refractivity contribution in [3.8, 4) is 16.9 Å². The van der Waals surface area contributed by atoms with Gasteiger partial charge in [0.05, 0.1) is 18.1 Å². The fourth-order valence-electron chi connectivity index (χ4n) is 3.04. The molecular weight excluding hydrogens is 390 g/mol. The highest BCUT2D eigenvalue weighted by Gasteiger charge is 2.19. The van der Waals surface area contributed by atoms with Crippen LogP contribution in [-0.4, -0.2) is 13.0 Å². The van der Waals surface area contributed by atoms with Crippen molar-refractivity contribution in [2.45, 2.75) is 0 Å². The van der Waals surface area contributed by atoms with Gasteiger partial charge in [-0.15, -0.1) is 0 Å². The molecule has 6 heteroatoms. The lowest BCUT2D eigenvalue weighted by Gasteiger charge is -2.12. The third kappa shape index (κ3) is 3.73. The SMILES string of the molecule is COc1ccc(C(=O)Nc2oc3ccc(Cl)cc3c(=O)c2-c2ccccc2)cc1. The summed E-state index contributed by atoms with van der Waals surface area (Å²) in [6.45, 7) is 0. The summed E-state index contributed by atoms with van der Waals surface area (Å²) in [7, 11) is 1.55. The fraction of sp³-hybridized carbons (Fsp3) is 0.0435. The van der Waals surface area contributed by atoms with Crippen LogP contribution in [0.3, 0.4) is 0 Å². The third-order valence-corrected chi connectivity index (χ3v) is 4.73. The number of methoxy groups -OCH3 is 1. The lowest BCUT2D eigenvalue weighted by atomic mass is 10.0. The Balaban J connectivity index is 1.85. The maximum Gasteiger partial charge on any atom is 0.257 e. The number of halogens is 1. The summed E-state index contributed by atoms with van der Waals surface area (Å²) in [6, 6.07) is 20.5. The number of anilines is 1. The molecule has 4 rings (SSSR count). The standard InChI is InChI=1S/C23H16ClNO4/c1-28-17-10-7-15(8-11-17)22(27)25-23-20(14-5-3-2-4-6-14)21(26)18-13-16(24)9-12-19(18)29-23/h2-13H,1H3,(H,25,27). The molecule has 0 aliphatic carbocycles. The molecule has 3 aromatic carbocycles. The first kappa shape index (κ1) is 18.8. The van der Waals surface area contributed by atoms with E-state index in [-0.39, 0.29) is 16.9 Å². The molecule has 0 fully saturated rings. The molecule has 1 N–H and O–H groups in total. The molecule has 0 radical (unpaired) electrons. The molecule has 144 valence electrons. The first-order valence-electron chi connectivity index (χ1n) is 8.84. The van der Waals surface area contributed by atoms with Gasteiger partial charge in [0.1, 0.15) is 11.3 Å². The van der Waals surface area contributed by atoms with E-state index in [0.717, 1.165) is 0 Å². The molecule has 0 bridgehead atoms. The number of ether oxygens (including phenoxy) is 1. The van der Waals surface area contributed by atoms with Crippen LogP contribution in [0.4, 0.5) is 5.88 Å². The van der Waals surface area contributed by atoms with Gasteiger partial charge in [-0.2, -0.15) is 0 Å². The van der Waals surface area contributed by atoms with Crippen LogP contribution in [0.1, 0.15) is 10.4 Å². The highest BCUT2D eigenvalue weighted by atomic mass is 35.5. The number of nitrogens with one attached hydrogen (secondary N) is 1. The smallest absolute Gasteiger partial charge is 0.257 e. The van der Waals surface area contributed by atoms with E-state index in [1.165, 1.54) is 0 Å². The highest BCUT2D eigenvalue weighted by molar-refractivity contribution is 6.31. The zero-order valence-electron chi connectivity index (χ0n) is 15.4. The van der Waals surface area contributed by atoms with Crippen LogP contribution in [0.2, 0.25) is 5.02 Å². The number of carbonyl (C=O) groups is 1. The Kier molecular flexibility index (Phi) is 5.06. The second kappa shape index (κ2) is 7.81. The molecule has 1 heterocycles. The Hall–Kier alpha value is -3.57. The number of hydrogen-bond acceptors (Lipinski definition) is 4. The van der Waals surface area contributed by atoms with Gasteiger partial charge >= 0.3 is 0 Å². The molecule has 0 atom stereocenters. The molecule has 5 nitrogen and oxygen atoms in total. The summed E-state index contributed by atoms with van der Waals surface area (Å²) in [6.07, 6.45) is 0. The minimum Gasteiger partial charge on any atom is -0.497 e. The summed E-state index contributed by atoms with van der Waals surface area (Å²) >= 11 is 6.06. The Labute approximate surface area is 171 Å². The Bertz CT molecular complexity index is 1250. The van der Waals surface area contributed by atoms with E-state index in [4.69, 9.17) is 20.8 Å². The Morgan fingerprint density at radius 2 is 1.72 bits per heavy atom. The second-order valence-electron chi connectivity index (χ2n) is 6.32. The number of carbonyl (C=O) groups excluding carboxylic acids is 1. The average Bonchev–Trinajstić information content (AvgIpc) is 2.75. The predicted octanol–water partition coefficient (Wildman–Crippen LogP) is 5.37. The van der Waals surface area contributed by atoms with Crippen molar-refractivity contribution >= 4 is 34.4 Å². The summed E-state index contributed by atoms with van der Waals surface area (Å²) < 4.78 is 11.0. The van der Waals surface area contributed by atoms with Crippen LogP contribution in [0, 0.1) is 0 Å². The lowest BCUT2D eigenvalue weighted by molar-refractivity contribution is 0.102. The third-order valence-electron chi connectivity index (χ3n) is 4.49. The highest BCUT2D eigenvalue weighted by Crippen LogP contribution is 2.30. The van der Waals surface area contributed by atoms with E-state index < -0.39 is 5.91 Å². The predicted molar refractivity (Wildman–Crippen MR) is 114 cm³/mol. The van der Waals surface area contributed by atoms with Crippen molar-refractivity contribution in [2.24, 2.45) is 0 Å². The minimum absolute atomic E-state index is 0.0804. The number of fused-ring (bicyclic) bond motifs is 1. The van der Waals surface area contributed by atoms with Crippen LogP contribution in [0.25, 0.3) is 22.1 Å². The minimum atomic E-state index is -0.402. The fourth-order valence-corrected chi connectivity index (χ4v) is 3.21. The van der Waals surface area contributed by atoms with Gasteiger partial charge in [0.25, 0.3) is 5.91 Å². The van der Waals surface area contributed by atoms with Gasteiger partial charge in [0.15, 0.2) is 0 Å². The van der Waals surface area contributed by atoms with Gasteiger partial charge in [-0.25, -0.2) is 0 Å². The van der Waals surface area contributed by atoms with Gasteiger partial charge < -0.3 is 9.15 Å². The molecule has 0 unspecified atom stereocenters. The maximum absolute atomic E-state index is 13.2. The van der Waals surface area contributed by atoms with E-state index in [1.54, 1.807) is 61.7 Å². The van der Waals surface area contributed by atoms with Gasteiger partial charge in [-0.05, 0) is 48.0 Å². The van der Waals surface area contributed by atoms with Crippen LogP contribution < -0.4 is 15.5 Å². The van der Waals surface area contributed by atoms with Crippen LogP contribution in [0.15, 0.2) is 82.0 Å².